The number of hydrogen-bond acceptors (Lipinski definition) is 4. The molecule has 0 saturated heterocycles. The number of thiazole rings is 1. The molecule has 2 aromatic carbocycles. The van der Waals surface area contributed by atoms with E-state index in [4.69, 9.17) is 4.74 Å². The standard InChI is InChI=1S/C20H18BrN3OS/c1-3-11-22-20-24(23-13-15-7-6-8-16(21)12-15)18(14-26-20)17-9-4-5-10-19(17)25-2/h3-10,12-14H,1,11H2,2H3. The fourth-order valence-corrected chi connectivity index (χ4v) is 3.67. The van der Waals surface area contributed by atoms with E-state index in [2.05, 4.69) is 32.6 Å². The lowest BCUT2D eigenvalue weighted by Crippen LogP contribution is -2.12. The molecule has 0 unspecified atom stereocenters. The van der Waals surface area contributed by atoms with Crippen LogP contribution in [0, 0.1) is 0 Å². The molecular formula is C20H18BrN3OS. The van der Waals surface area contributed by atoms with Crippen molar-refractivity contribution in [1.29, 1.82) is 0 Å². The average molecular weight is 428 g/mol. The highest BCUT2D eigenvalue weighted by molar-refractivity contribution is 9.10. The van der Waals surface area contributed by atoms with Gasteiger partial charge in [0.05, 0.1) is 25.6 Å². The van der Waals surface area contributed by atoms with E-state index < -0.39 is 0 Å². The lowest BCUT2D eigenvalue weighted by Gasteiger charge is -2.08. The smallest absolute Gasteiger partial charge is 0.206 e. The molecule has 3 rings (SSSR count). The summed E-state index contributed by atoms with van der Waals surface area (Å²) in [6, 6.07) is 15.9. The Labute approximate surface area is 164 Å². The van der Waals surface area contributed by atoms with Gasteiger partial charge in [0.15, 0.2) is 0 Å². The minimum atomic E-state index is 0.540. The molecule has 1 heterocycles. The van der Waals surface area contributed by atoms with E-state index in [0.717, 1.165) is 31.8 Å². The molecule has 0 aliphatic rings. The second-order valence-electron chi connectivity index (χ2n) is 5.34. The van der Waals surface area contributed by atoms with Crippen molar-refractivity contribution < 1.29 is 4.74 Å². The summed E-state index contributed by atoms with van der Waals surface area (Å²) in [5.41, 5.74) is 2.90. The van der Waals surface area contributed by atoms with Gasteiger partial charge >= 0.3 is 0 Å². The summed E-state index contributed by atoms with van der Waals surface area (Å²) < 4.78 is 8.36. The number of ether oxygens (including phenoxy) is 1. The lowest BCUT2D eigenvalue weighted by atomic mass is 10.1. The quantitative estimate of drug-likeness (QED) is 0.404. The average Bonchev–Trinajstić information content (AvgIpc) is 3.07. The number of hydrogen-bond donors (Lipinski definition) is 0. The third kappa shape index (κ3) is 4.20. The summed E-state index contributed by atoms with van der Waals surface area (Å²) in [5.74, 6) is 0.798. The largest absolute Gasteiger partial charge is 0.496 e. The normalized spacial score (nSPS) is 11.8. The molecule has 0 aliphatic heterocycles. The third-order valence-electron chi connectivity index (χ3n) is 3.59. The van der Waals surface area contributed by atoms with Crippen LogP contribution in [-0.4, -0.2) is 24.5 Å². The number of halogens is 1. The molecule has 0 bridgehead atoms. The molecule has 0 saturated carbocycles. The Hall–Kier alpha value is -2.44. The van der Waals surface area contributed by atoms with E-state index >= 15 is 0 Å². The highest BCUT2D eigenvalue weighted by Gasteiger charge is 2.11. The molecular weight excluding hydrogens is 410 g/mol. The Balaban J connectivity index is 2.12. The molecule has 6 heteroatoms. The van der Waals surface area contributed by atoms with Crippen LogP contribution in [0.4, 0.5) is 0 Å². The Morgan fingerprint density at radius 3 is 2.85 bits per heavy atom. The van der Waals surface area contributed by atoms with E-state index in [1.807, 2.05) is 64.8 Å². The molecule has 0 aliphatic carbocycles. The summed E-state index contributed by atoms with van der Waals surface area (Å²) in [6.45, 7) is 4.28. The van der Waals surface area contributed by atoms with Crippen molar-refractivity contribution in [3.8, 4) is 17.0 Å². The molecule has 0 fully saturated rings. The molecule has 4 nitrogen and oxygen atoms in total. The first kappa shape index (κ1) is 18.4. The van der Waals surface area contributed by atoms with Crippen LogP contribution in [0.5, 0.6) is 5.75 Å². The highest BCUT2D eigenvalue weighted by atomic mass is 79.9. The third-order valence-corrected chi connectivity index (χ3v) is 4.94. The molecule has 0 amide bonds. The van der Waals surface area contributed by atoms with Crippen LogP contribution in [0.25, 0.3) is 11.3 Å². The topological polar surface area (TPSA) is 38.9 Å². The fourth-order valence-electron chi connectivity index (χ4n) is 2.42. The Bertz CT molecular complexity index is 1000. The molecule has 0 spiro atoms. The number of aromatic nitrogens is 1. The SMILES string of the molecule is C=CCN=c1scc(-c2ccccc2OC)n1N=Cc1cccc(Br)c1. The maximum absolute atomic E-state index is 5.51. The van der Waals surface area contributed by atoms with Gasteiger partial charge < -0.3 is 4.74 Å². The zero-order valence-corrected chi connectivity index (χ0v) is 16.7. The molecule has 132 valence electrons. The second-order valence-corrected chi connectivity index (χ2v) is 7.10. The van der Waals surface area contributed by atoms with Gasteiger partial charge in [0.25, 0.3) is 0 Å². The van der Waals surface area contributed by atoms with Crippen molar-refractivity contribution in [2.75, 3.05) is 13.7 Å². The van der Waals surface area contributed by atoms with Gasteiger partial charge in [-0.25, -0.2) is 4.68 Å². The molecule has 0 radical (unpaired) electrons. The Morgan fingerprint density at radius 2 is 2.08 bits per heavy atom. The predicted molar refractivity (Wildman–Crippen MR) is 112 cm³/mol. The molecule has 3 aromatic rings. The number of benzene rings is 2. The van der Waals surface area contributed by atoms with Gasteiger partial charge in [-0.3, -0.25) is 4.99 Å². The van der Waals surface area contributed by atoms with Crippen LogP contribution in [-0.2, 0) is 0 Å². The van der Waals surface area contributed by atoms with E-state index in [1.165, 1.54) is 11.3 Å². The second kappa shape index (κ2) is 8.78. The molecule has 0 N–H and O–H groups in total. The van der Waals surface area contributed by atoms with Gasteiger partial charge in [-0.05, 0) is 29.8 Å². The maximum atomic E-state index is 5.51. The summed E-state index contributed by atoms with van der Waals surface area (Å²) in [5, 5.41) is 6.72. The van der Waals surface area contributed by atoms with Crippen molar-refractivity contribution in [2.45, 2.75) is 0 Å². The summed E-state index contributed by atoms with van der Waals surface area (Å²) in [7, 11) is 1.67. The van der Waals surface area contributed by atoms with Crippen LogP contribution >= 0.6 is 27.3 Å². The number of nitrogens with zero attached hydrogens (tertiary/aromatic N) is 3. The molecule has 26 heavy (non-hydrogen) atoms. The van der Waals surface area contributed by atoms with Crippen molar-refractivity contribution in [3.05, 3.63) is 81.4 Å². The van der Waals surface area contributed by atoms with Gasteiger partial charge in [-0.1, -0.05) is 46.3 Å². The van der Waals surface area contributed by atoms with Crippen molar-refractivity contribution in [2.24, 2.45) is 10.1 Å². The Morgan fingerprint density at radius 1 is 1.23 bits per heavy atom. The maximum Gasteiger partial charge on any atom is 0.206 e. The molecule has 0 atom stereocenters. The summed E-state index contributed by atoms with van der Waals surface area (Å²) >= 11 is 5.03. The van der Waals surface area contributed by atoms with E-state index in [9.17, 15) is 0 Å². The van der Waals surface area contributed by atoms with Crippen LogP contribution in [0.3, 0.4) is 0 Å². The minimum Gasteiger partial charge on any atom is -0.496 e. The monoisotopic (exact) mass is 427 g/mol. The van der Waals surface area contributed by atoms with Crippen LogP contribution in [0.1, 0.15) is 5.56 Å². The first-order chi connectivity index (χ1) is 12.7. The molecule has 1 aromatic heterocycles. The first-order valence-electron chi connectivity index (χ1n) is 7.98. The predicted octanol–water partition coefficient (Wildman–Crippen LogP) is 4.96. The summed E-state index contributed by atoms with van der Waals surface area (Å²) in [4.78, 5) is 5.36. The van der Waals surface area contributed by atoms with E-state index in [0.29, 0.717) is 6.54 Å². The lowest BCUT2D eigenvalue weighted by molar-refractivity contribution is 0.416. The first-order valence-corrected chi connectivity index (χ1v) is 9.65. The van der Waals surface area contributed by atoms with Gasteiger partial charge in [0.2, 0.25) is 4.80 Å². The zero-order valence-electron chi connectivity index (χ0n) is 14.3. The van der Waals surface area contributed by atoms with Crippen LogP contribution in [0.15, 0.2) is 81.1 Å². The van der Waals surface area contributed by atoms with E-state index in [-0.39, 0.29) is 0 Å². The summed E-state index contributed by atoms with van der Waals surface area (Å²) in [6.07, 6.45) is 3.59. The van der Waals surface area contributed by atoms with E-state index in [1.54, 1.807) is 13.2 Å². The van der Waals surface area contributed by atoms with Crippen molar-refractivity contribution in [1.82, 2.24) is 4.68 Å². The van der Waals surface area contributed by atoms with Gasteiger partial charge in [0, 0.05) is 15.4 Å². The van der Waals surface area contributed by atoms with Crippen LogP contribution < -0.4 is 9.54 Å². The van der Waals surface area contributed by atoms with Crippen molar-refractivity contribution >= 4 is 33.5 Å². The van der Waals surface area contributed by atoms with Crippen molar-refractivity contribution in [3.63, 3.8) is 0 Å². The number of rotatable bonds is 6. The minimum absolute atomic E-state index is 0.540. The van der Waals surface area contributed by atoms with Gasteiger partial charge in [-0.2, -0.15) is 5.10 Å². The number of methoxy groups -OCH3 is 1. The van der Waals surface area contributed by atoms with Gasteiger partial charge in [-0.15, -0.1) is 17.9 Å². The zero-order chi connectivity index (χ0) is 18.4. The van der Waals surface area contributed by atoms with Gasteiger partial charge in [0.1, 0.15) is 5.75 Å². The van der Waals surface area contributed by atoms with Crippen LogP contribution in [0.2, 0.25) is 0 Å². The number of para-hydroxylation sites is 1. The fraction of sp³-hybridized carbons (Fsp3) is 0.100. The Kier molecular flexibility index (Phi) is 6.20. The highest BCUT2D eigenvalue weighted by Crippen LogP contribution is 2.29.